The van der Waals surface area contributed by atoms with E-state index in [0.29, 0.717) is 17.5 Å². The van der Waals surface area contributed by atoms with Crippen LogP contribution in [0.3, 0.4) is 0 Å². The summed E-state index contributed by atoms with van der Waals surface area (Å²) in [7, 11) is -2.79. The molecule has 5 nitrogen and oxygen atoms in total. The number of hydrogen-bond donors (Lipinski definition) is 0. The number of sulfone groups is 1. The molecule has 0 spiro atoms. The minimum Gasteiger partial charge on any atom is -0.312 e. The molecular formula is C12H19N3O2S. The van der Waals surface area contributed by atoms with Crippen molar-refractivity contribution in [3.05, 3.63) is 11.6 Å². The number of aryl methyl sites for hydroxylation is 1. The Morgan fingerprint density at radius 2 is 2.17 bits per heavy atom. The second-order valence-corrected chi connectivity index (χ2v) is 7.85. The van der Waals surface area contributed by atoms with Crippen LogP contribution in [0.2, 0.25) is 0 Å². The van der Waals surface area contributed by atoms with E-state index < -0.39 is 9.84 Å². The van der Waals surface area contributed by atoms with Crippen molar-refractivity contribution in [1.29, 1.82) is 0 Å². The lowest BCUT2D eigenvalue weighted by Crippen LogP contribution is -2.19. The summed E-state index contributed by atoms with van der Waals surface area (Å²) in [6.45, 7) is 2.20. The van der Waals surface area contributed by atoms with Gasteiger partial charge >= 0.3 is 0 Å². The van der Waals surface area contributed by atoms with Crippen molar-refractivity contribution in [2.24, 2.45) is 5.92 Å². The fourth-order valence-corrected chi connectivity index (χ4v) is 5.02. The molecule has 2 atom stereocenters. The van der Waals surface area contributed by atoms with Crippen LogP contribution in [0.5, 0.6) is 0 Å². The highest BCUT2D eigenvalue weighted by Gasteiger charge is 2.30. The first-order chi connectivity index (χ1) is 8.55. The van der Waals surface area contributed by atoms with E-state index >= 15 is 0 Å². The summed E-state index contributed by atoms with van der Waals surface area (Å²) in [6, 6.07) is 0.455. The molecule has 0 amide bonds. The summed E-state index contributed by atoms with van der Waals surface area (Å²) in [4.78, 5) is 0. The van der Waals surface area contributed by atoms with Crippen molar-refractivity contribution in [3.8, 4) is 0 Å². The summed E-state index contributed by atoms with van der Waals surface area (Å²) in [5, 5.41) is 8.53. The molecule has 0 aromatic carbocycles. The van der Waals surface area contributed by atoms with E-state index in [1.807, 2.05) is 0 Å². The van der Waals surface area contributed by atoms with Crippen LogP contribution >= 0.6 is 0 Å². The average Bonchev–Trinajstić information content (AvgIpc) is 2.85. The standard InChI is InChI=1S/C12H19N3O2S/c1-9-3-2-4-11-13-14-12(15(9)11)7-10-5-6-18(16,17)8-10/h9-10H,2-8H2,1H3. The van der Waals surface area contributed by atoms with E-state index in [4.69, 9.17) is 0 Å². The summed E-state index contributed by atoms with van der Waals surface area (Å²) in [5.41, 5.74) is 0. The molecule has 0 saturated carbocycles. The number of rotatable bonds is 2. The molecule has 0 bridgehead atoms. The van der Waals surface area contributed by atoms with Gasteiger partial charge in [0, 0.05) is 18.9 Å². The van der Waals surface area contributed by atoms with Gasteiger partial charge in [0.25, 0.3) is 0 Å². The van der Waals surface area contributed by atoms with E-state index in [1.54, 1.807) is 0 Å². The van der Waals surface area contributed by atoms with Gasteiger partial charge in [-0.2, -0.15) is 0 Å². The molecule has 1 saturated heterocycles. The van der Waals surface area contributed by atoms with Crippen LogP contribution in [0.25, 0.3) is 0 Å². The first-order valence-electron chi connectivity index (χ1n) is 6.68. The summed E-state index contributed by atoms with van der Waals surface area (Å²) >= 11 is 0. The van der Waals surface area contributed by atoms with Gasteiger partial charge in [0.2, 0.25) is 0 Å². The van der Waals surface area contributed by atoms with E-state index in [1.165, 1.54) is 12.8 Å². The number of fused-ring (bicyclic) bond motifs is 1. The zero-order valence-electron chi connectivity index (χ0n) is 10.7. The smallest absolute Gasteiger partial charge is 0.150 e. The second kappa shape index (κ2) is 4.33. The predicted octanol–water partition coefficient (Wildman–Crippen LogP) is 1.15. The molecule has 2 aliphatic heterocycles. The SMILES string of the molecule is CC1CCCc2nnc(CC3CCS(=O)(=O)C3)n21. The van der Waals surface area contributed by atoms with E-state index in [2.05, 4.69) is 21.7 Å². The number of aromatic nitrogens is 3. The molecule has 18 heavy (non-hydrogen) atoms. The van der Waals surface area contributed by atoms with Gasteiger partial charge in [-0.05, 0) is 32.1 Å². The van der Waals surface area contributed by atoms with Crippen LogP contribution < -0.4 is 0 Å². The average molecular weight is 269 g/mol. The summed E-state index contributed by atoms with van der Waals surface area (Å²) < 4.78 is 25.2. The van der Waals surface area contributed by atoms with Gasteiger partial charge < -0.3 is 4.57 Å². The molecular weight excluding hydrogens is 250 g/mol. The van der Waals surface area contributed by atoms with Gasteiger partial charge in [0.15, 0.2) is 9.84 Å². The summed E-state index contributed by atoms with van der Waals surface area (Å²) in [5.74, 6) is 2.96. The Labute approximate surface area is 108 Å². The van der Waals surface area contributed by atoms with Crippen molar-refractivity contribution in [3.63, 3.8) is 0 Å². The molecule has 3 heterocycles. The predicted molar refractivity (Wildman–Crippen MR) is 68.1 cm³/mol. The topological polar surface area (TPSA) is 64.8 Å². The van der Waals surface area contributed by atoms with E-state index in [0.717, 1.165) is 30.9 Å². The zero-order chi connectivity index (χ0) is 12.8. The van der Waals surface area contributed by atoms with E-state index in [9.17, 15) is 8.42 Å². The number of hydrogen-bond acceptors (Lipinski definition) is 4. The third-order valence-corrected chi connectivity index (χ3v) is 5.94. The Hall–Kier alpha value is -0.910. The molecule has 2 unspecified atom stereocenters. The first kappa shape index (κ1) is 12.1. The van der Waals surface area contributed by atoms with Gasteiger partial charge in [-0.1, -0.05) is 0 Å². The highest BCUT2D eigenvalue weighted by molar-refractivity contribution is 7.91. The third kappa shape index (κ3) is 2.18. The molecule has 1 fully saturated rings. The second-order valence-electron chi connectivity index (χ2n) is 5.62. The fraction of sp³-hybridized carbons (Fsp3) is 0.833. The van der Waals surface area contributed by atoms with Crippen LogP contribution in [-0.2, 0) is 22.7 Å². The number of nitrogens with zero attached hydrogens (tertiary/aromatic N) is 3. The normalized spacial score (nSPS) is 30.3. The lowest BCUT2D eigenvalue weighted by atomic mass is 10.0. The maximum absolute atomic E-state index is 11.5. The third-order valence-electron chi connectivity index (χ3n) is 4.10. The Morgan fingerprint density at radius 3 is 2.89 bits per heavy atom. The maximum atomic E-state index is 11.5. The van der Waals surface area contributed by atoms with Crippen LogP contribution in [0.4, 0.5) is 0 Å². The van der Waals surface area contributed by atoms with Gasteiger partial charge in [0.05, 0.1) is 11.5 Å². The van der Waals surface area contributed by atoms with Crippen LogP contribution in [-0.4, -0.2) is 34.7 Å². The maximum Gasteiger partial charge on any atom is 0.150 e. The molecule has 2 aliphatic rings. The zero-order valence-corrected chi connectivity index (χ0v) is 11.5. The van der Waals surface area contributed by atoms with Crippen LogP contribution in [0, 0.1) is 5.92 Å². The summed E-state index contributed by atoms with van der Waals surface area (Å²) in [6.07, 6.45) is 4.88. The Balaban J connectivity index is 1.80. The largest absolute Gasteiger partial charge is 0.312 e. The Kier molecular flexibility index (Phi) is 2.92. The molecule has 0 N–H and O–H groups in total. The van der Waals surface area contributed by atoms with Gasteiger partial charge in [-0.15, -0.1) is 10.2 Å². The van der Waals surface area contributed by atoms with E-state index in [-0.39, 0.29) is 5.92 Å². The monoisotopic (exact) mass is 269 g/mol. The highest BCUT2D eigenvalue weighted by atomic mass is 32.2. The van der Waals surface area contributed by atoms with Crippen LogP contribution in [0.15, 0.2) is 0 Å². The molecule has 3 rings (SSSR count). The molecule has 0 aliphatic carbocycles. The molecule has 6 heteroatoms. The Bertz CT molecular complexity index is 550. The van der Waals surface area contributed by atoms with Crippen molar-refractivity contribution >= 4 is 9.84 Å². The Morgan fingerprint density at radius 1 is 1.33 bits per heavy atom. The molecule has 1 aromatic heterocycles. The first-order valence-corrected chi connectivity index (χ1v) is 8.50. The molecule has 100 valence electrons. The fourth-order valence-electron chi connectivity index (χ4n) is 3.16. The van der Waals surface area contributed by atoms with Gasteiger partial charge in [0.1, 0.15) is 11.6 Å². The highest BCUT2D eigenvalue weighted by Crippen LogP contribution is 2.28. The van der Waals surface area contributed by atoms with Crippen molar-refractivity contribution in [1.82, 2.24) is 14.8 Å². The van der Waals surface area contributed by atoms with Gasteiger partial charge in [-0.25, -0.2) is 8.42 Å². The van der Waals surface area contributed by atoms with Crippen molar-refractivity contribution < 1.29 is 8.42 Å². The lowest BCUT2D eigenvalue weighted by molar-refractivity contribution is 0.405. The molecule has 1 aromatic rings. The van der Waals surface area contributed by atoms with Crippen molar-refractivity contribution in [2.45, 2.75) is 45.1 Å². The quantitative estimate of drug-likeness (QED) is 0.808. The minimum atomic E-state index is -2.79. The molecule has 0 radical (unpaired) electrons. The lowest BCUT2D eigenvalue weighted by Gasteiger charge is -2.23. The van der Waals surface area contributed by atoms with Gasteiger partial charge in [-0.3, -0.25) is 0 Å². The van der Waals surface area contributed by atoms with Crippen molar-refractivity contribution in [2.75, 3.05) is 11.5 Å². The minimum absolute atomic E-state index is 0.234. The van der Waals surface area contributed by atoms with Crippen LogP contribution in [0.1, 0.15) is 43.9 Å².